The van der Waals surface area contributed by atoms with E-state index >= 15 is 0 Å². The molecule has 0 N–H and O–H groups in total. The summed E-state index contributed by atoms with van der Waals surface area (Å²) < 4.78 is 2.27. The normalized spacial score (nSPS) is 12.2. The second-order valence-corrected chi connectivity index (χ2v) is 16.0. The number of benzene rings is 8. The first kappa shape index (κ1) is 39.9. The van der Waals surface area contributed by atoms with E-state index in [1.165, 1.54) is 39.2 Å². The Morgan fingerprint density at radius 2 is 1.16 bits per heavy atom. The van der Waals surface area contributed by atoms with Crippen LogP contribution >= 0.6 is 0 Å². The van der Waals surface area contributed by atoms with E-state index in [0.29, 0.717) is 6.04 Å². The molecule has 5 nitrogen and oxygen atoms in total. The third-order valence-corrected chi connectivity index (χ3v) is 12.0. The summed E-state index contributed by atoms with van der Waals surface area (Å²) in [5.41, 5.74) is 15.3. The van der Waals surface area contributed by atoms with E-state index in [9.17, 15) is 0 Å². The maximum absolute atomic E-state index is 5.11. The number of pyridine rings is 1. The maximum atomic E-state index is 5.11. The molecule has 0 saturated carbocycles. The molecule has 10 aromatic rings. The minimum absolute atomic E-state index is 0. The number of nitrogens with zero attached hydrogens (tertiary/aromatic N) is 5. The zero-order valence-electron chi connectivity index (χ0n) is 35.0. The van der Waals surface area contributed by atoms with Gasteiger partial charge in [-0.05, 0) is 95.1 Å². The molecule has 63 heavy (non-hydrogen) atoms. The van der Waals surface area contributed by atoms with E-state index < -0.39 is 0 Å². The largest absolute Gasteiger partial charge is 2.00 e. The SMILES string of the molecule is CC(C)N1CN(c2[c-]c(N(c3[c-]c4c(cc3)c3ccccc3n4-c3cc(-c4c(-c5ccccc5)cccc4-c4ccccc4)ccn3)c3ccccc3)ccc2)c2ccccc21.[Pt+2]. The van der Waals surface area contributed by atoms with Gasteiger partial charge < -0.3 is 19.3 Å². The smallest absolute Gasteiger partial charge is 0.358 e. The minimum Gasteiger partial charge on any atom is -0.358 e. The van der Waals surface area contributed by atoms with Gasteiger partial charge in [0.25, 0.3) is 0 Å². The zero-order valence-corrected chi connectivity index (χ0v) is 37.2. The molecule has 8 aromatic carbocycles. The molecule has 3 heterocycles. The number of fused-ring (bicyclic) bond motifs is 4. The Morgan fingerprint density at radius 3 is 1.87 bits per heavy atom. The summed E-state index contributed by atoms with van der Waals surface area (Å²) >= 11 is 0. The van der Waals surface area contributed by atoms with Crippen molar-refractivity contribution in [3.8, 4) is 39.2 Å². The van der Waals surface area contributed by atoms with Crippen molar-refractivity contribution in [1.82, 2.24) is 9.55 Å². The third-order valence-electron chi connectivity index (χ3n) is 12.0. The van der Waals surface area contributed by atoms with E-state index in [2.05, 4.69) is 245 Å². The van der Waals surface area contributed by atoms with Crippen molar-refractivity contribution in [2.24, 2.45) is 0 Å². The summed E-state index contributed by atoms with van der Waals surface area (Å²) in [6.07, 6.45) is 1.94. The van der Waals surface area contributed by atoms with Crippen molar-refractivity contribution < 1.29 is 21.1 Å². The van der Waals surface area contributed by atoms with Gasteiger partial charge in [0, 0.05) is 23.4 Å². The average Bonchev–Trinajstić information content (AvgIpc) is 3.89. The topological polar surface area (TPSA) is 27.5 Å². The monoisotopic (exact) mass is 992 g/mol. The number of aromatic nitrogens is 2. The van der Waals surface area contributed by atoms with Crippen LogP contribution in [0.25, 0.3) is 61.0 Å². The second kappa shape index (κ2) is 16.9. The Labute approximate surface area is 383 Å². The Morgan fingerprint density at radius 1 is 0.540 bits per heavy atom. The Kier molecular flexibility index (Phi) is 10.7. The van der Waals surface area contributed by atoms with E-state index in [0.717, 1.165) is 62.6 Å². The van der Waals surface area contributed by atoms with Gasteiger partial charge in [-0.1, -0.05) is 150 Å². The molecule has 0 amide bonds. The van der Waals surface area contributed by atoms with Gasteiger partial charge in [0.1, 0.15) is 5.82 Å². The standard InChI is InChI=1S/C57H43N5.Pt/c1-40(2)59-39-60(54-31-15-14-30-53(54)59)45-24-16-25-46(37-45)61(44-22-10-5-11-23-44)47-32-33-51-50-26-12-13-29-52(50)62(55(51)38-47)56-36-43(34-35-58-56)57-48(41-18-6-3-7-19-41)27-17-28-49(57)42-20-8-4-9-21-42;/h3-36,40H,39H2,1-2H3;/q-2;+2. The van der Waals surface area contributed by atoms with Crippen LogP contribution in [0.4, 0.5) is 34.1 Å². The molecule has 11 rings (SSSR count). The van der Waals surface area contributed by atoms with Crippen molar-refractivity contribution in [2.75, 3.05) is 21.4 Å². The van der Waals surface area contributed by atoms with Crippen molar-refractivity contribution in [2.45, 2.75) is 19.9 Å². The first-order valence-corrected chi connectivity index (χ1v) is 21.3. The fraction of sp³-hybridized carbons (Fsp3) is 0.0702. The van der Waals surface area contributed by atoms with Crippen LogP contribution in [0.3, 0.4) is 0 Å². The van der Waals surface area contributed by atoms with Crippen molar-refractivity contribution in [3.05, 3.63) is 219 Å². The molecule has 0 radical (unpaired) electrons. The van der Waals surface area contributed by atoms with Crippen LogP contribution < -0.4 is 14.7 Å². The molecule has 0 unspecified atom stereocenters. The molecule has 0 fully saturated rings. The Bertz CT molecular complexity index is 3160. The van der Waals surface area contributed by atoms with Gasteiger partial charge in [0.05, 0.1) is 18.0 Å². The molecular weight excluding hydrogens is 950 g/mol. The van der Waals surface area contributed by atoms with E-state index in [4.69, 9.17) is 4.98 Å². The van der Waals surface area contributed by atoms with Gasteiger partial charge >= 0.3 is 21.1 Å². The Balaban J connectivity index is 0.00000471. The van der Waals surface area contributed by atoms with E-state index in [1.807, 2.05) is 6.20 Å². The van der Waals surface area contributed by atoms with Gasteiger partial charge in [-0.15, -0.1) is 35.7 Å². The first-order chi connectivity index (χ1) is 30.6. The number of anilines is 6. The van der Waals surface area contributed by atoms with E-state index in [-0.39, 0.29) is 21.1 Å². The Hall–Kier alpha value is -7.20. The minimum atomic E-state index is 0. The van der Waals surface area contributed by atoms with Crippen LogP contribution in [0.15, 0.2) is 206 Å². The summed E-state index contributed by atoms with van der Waals surface area (Å²) in [6, 6.07) is 79.2. The van der Waals surface area contributed by atoms with Crippen molar-refractivity contribution in [1.29, 1.82) is 0 Å². The van der Waals surface area contributed by atoms with Crippen LogP contribution in [0.1, 0.15) is 13.8 Å². The summed E-state index contributed by atoms with van der Waals surface area (Å²) in [6.45, 7) is 5.26. The van der Waals surface area contributed by atoms with Crippen LogP contribution in [0.5, 0.6) is 0 Å². The van der Waals surface area contributed by atoms with E-state index in [1.54, 1.807) is 0 Å². The predicted molar refractivity (Wildman–Crippen MR) is 258 cm³/mol. The molecule has 306 valence electrons. The van der Waals surface area contributed by atoms with Crippen LogP contribution in [0, 0.1) is 12.1 Å². The summed E-state index contributed by atoms with van der Waals surface area (Å²) in [7, 11) is 0. The zero-order chi connectivity index (χ0) is 41.6. The summed E-state index contributed by atoms with van der Waals surface area (Å²) in [5, 5.41) is 2.26. The van der Waals surface area contributed by atoms with Crippen LogP contribution in [-0.4, -0.2) is 22.3 Å². The first-order valence-electron chi connectivity index (χ1n) is 21.3. The molecule has 0 saturated heterocycles. The van der Waals surface area contributed by atoms with Crippen molar-refractivity contribution >= 4 is 55.9 Å². The average molecular weight is 993 g/mol. The van der Waals surface area contributed by atoms with Crippen LogP contribution in [-0.2, 0) is 21.1 Å². The number of hydrogen-bond acceptors (Lipinski definition) is 4. The number of para-hydroxylation sites is 4. The second-order valence-electron chi connectivity index (χ2n) is 16.0. The number of rotatable bonds is 9. The fourth-order valence-corrected chi connectivity index (χ4v) is 9.13. The molecule has 0 bridgehead atoms. The summed E-state index contributed by atoms with van der Waals surface area (Å²) in [5.74, 6) is 0.825. The molecule has 0 atom stereocenters. The van der Waals surface area contributed by atoms with Crippen LogP contribution in [0.2, 0.25) is 0 Å². The fourth-order valence-electron chi connectivity index (χ4n) is 9.13. The van der Waals surface area contributed by atoms with Gasteiger partial charge in [-0.3, -0.25) is 0 Å². The molecule has 6 heteroatoms. The predicted octanol–water partition coefficient (Wildman–Crippen LogP) is 14.6. The number of hydrogen-bond donors (Lipinski definition) is 0. The third kappa shape index (κ3) is 7.19. The van der Waals surface area contributed by atoms with Gasteiger partial charge in [-0.25, -0.2) is 4.98 Å². The molecular formula is C57H43N5Pt. The van der Waals surface area contributed by atoms with Gasteiger partial charge in [0.2, 0.25) is 0 Å². The summed E-state index contributed by atoms with van der Waals surface area (Å²) in [4.78, 5) is 12.2. The maximum Gasteiger partial charge on any atom is 2.00 e. The molecule has 0 aliphatic carbocycles. The van der Waals surface area contributed by atoms with Gasteiger partial charge in [-0.2, -0.15) is 12.1 Å². The molecule has 2 aromatic heterocycles. The molecule has 0 spiro atoms. The molecule has 1 aliphatic rings. The molecule has 1 aliphatic heterocycles. The van der Waals surface area contributed by atoms with Crippen molar-refractivity contribution in [3.63, 3.8) is 0 Å². The quantitative estimate of drug-likeness (QED) is 0.135. The van der Waals surface area contributed by atoms with Gasteiger partial charge in [0.15, 0.2) is 0 Å².